The first-order chi connectivity index (χ1) is 8.95. The summed E-state index contributed by atoms with van der Waals surface area (Å²) in [5, 5.41) is 9.26. The van der Waals surface area contributed by atoms with Crippen molar-refractivity contribution in [1.82, 2.24) is 0 Å². The first kappa shape index (κ1) is 14.2. The lowest BCUT2D eigenvalue weighted by Gasteiger charge is -2.31. The van der Waals surface area contributed by atoms with Crippen molar-refractivity contribution in [3.8, 4) is 5.75 Å². The Kier molecular flexibility index (Phi) is 4.35. The fraction of sp³-hybridized carbons (Fsp3) is 0.533. The van der Waals surface area contributed by atoms with Gasteiger partial charge in [0.1, 0.15) is 5.75 Å². The number of hydrogen-bond acceptors (Lipinski definition) is 2. The molecule has 1 aromatic carbocycles. The van der Waals surface area contributed by atoms with Crippen molar-refractivity contribution in [3.63, 3.8) is 0 Å². The minimum atomic E-state index is -0.978. The highest BCUT2D eigenvalue weighted by Gasteiger charge is 2.25. The second kappa shape index (κ2) is 5.83. The molecule has 19 heavy (non-hydrogen) atoms. The van der Waals surface area contributed by atoms with Gasteiger partial charge < -0.3 is 9.84 Å². The molecule has 1 aliphatic rings. The fourth-order valence-corrected chi connectivity index (χ4v) is 3.10. The van der Waals surface area contributed by atoms with Crippen molar-refractivity contribution in [2.75, 3.05) is 0 Å². The van der Waals surface area contributed by atoms with Gasteiger partial charge >= 0.3 is 5.97 Å². The lowest BCUT2D eigenvalue weighted by atomic mass is 9.82. The summed E-state index contributed by atoms with van der Waals surface area (Å²) in [7, 11) is 0. The molecule has 0 aromatic heterocycles. The zero-order valence-electron chi connectivity index (χ0n) is 11.2. The van der Waals surface area contributed by atoms with E-state index in [0.29, 0.717) is 22.6 Å². The summed E-state index contributed by atoms with van der Waals surface area (Å²) >= 11 is 6.08. The van der Waals surface area contributed by atoms with Gasteiger partial charge in [-0.05, 0) is 49.3 Å². The minimum Gasteiger partial charge on any atom is -0.489 e. The van der Waals surface area contributed by atoms with Gasteiger partial charge in [0.25, 0.3) is 0 Å². The van der Waals surface area contributed by atoms with Gasteiger partial charge in [0.15, 0.2) is 0 Å². The van der Waals surface area contributed by atoms with E-state index in [1.54, 1.807) is 6.07 Å². The van der Waals surface area contributed by atoms with Gasteiger partial charge in [0, 0.05) is 0 Å². The molecular weight excluding hydrogens is 264 g/mol. The number of carbonyl (C=O) groups is 1. The summed E-state index contributed by atoms with van der Waals surface area (Å²) in [6, 6.07) is 4.61. The molecule has 0 aliphatic heterocycles. The first-order valence-corrected chi connectivity index (χ1v) is 7.03. The molecule has 2 atom stereocenters. The number of aromatic carboxylic acids is 1. The largest absolute Gasteiger partial charge is 0.489 e. The van der Waals surface area contributed by atoms with E-state index in [4.69, 9.17) is 21.4 Å². The predicted molar refractivity (Wildman–Crippen MR) is 75.0 cm³/mol. The van der Waals surface area contributed by atoms with Crippen LogP contribution in [0, 0.1) is 11.8 Å². The highest BCUT2D eigenvalue weighted by molar-refractivity contribution is 6.32. The maximum Gasteiger partial charge on any atom is 0.335 e. The summed E-state index contributed by atoms with van der Waals surface area (Å²) in [6.07, 6.45) is 3.47. The van der Waals surface area contributed by atoms with Crippen molar-refractivity contribution < 1.29 is 14.6 Å². The molecule has 0 radical (unpaired) electrons. The van der Waals surface area contributed by atoms with Crippen molar-refractivity contribution in [3.05, 3.63) is 28.8 Å². The second-order valence-corrected chi connectivity index (χ2v) is 6.01. The van der Waals surface area contributed by atoms with E-state index in [1.165, 1.54) is 18.6 Å². The summed E-state index contributed by atoms with van der Waals surface area (Å²) in [4.78, 5) is 10.8. The van der Waals surface area contributed by atoms with Gasteiger partial charge in [-0.1, -0.05) is 25.4 Å². The van der Waals surface area contributed by atoms with Crippen molar-refractivity contribution in [2.45, 2.75) is 39.2 Å². The molecule has 1 N–H and O–H groups in total. The summed E-state index contributed by atoms with van der Waals surface area (Å²) < 4.78 is 5.94. The molecule has 1 aliphatic carbocycles. The molecule has 3 nitrogen and oxygen atoms in total. The maximum atomic E-state index is 10.8. The highest BCUT2D eigenvalue weighted by Crippen LogP contribution is 2.34. The third kappa shape index (κ3) is 3.63. The van der Waals surface area contributed by atoms with E-state index in [2.05, 4.69) is 13.8 Å². The highest BCUT2D eigenvalue weighted by atomic mass is 35.5. The van der Waals surface area contributed by atoms with Gasteiger partial charge in [-0.2, -0.15) is 0 Å². The van der Waals surface area contributed by atoms with Crippen LogP contribution in [0.4, 0.5) is 0 Å². The topological polar surface area (TPSA) is 46.5 Å². The summed E-state index contributed by atoms with van der Waals surface area (Å²) in [5.74, 6) is 0.919. The minimum absolute atomic E-state index is 0.173. The molecular formula is C15H19ClO3. The van der Waals surface area contributed by atoms with Crippen molar-refractivity contribution in [1.29, 1.82) is 0 Å². The monoisotopic (exact) mass is 282 g/mol. The third-order valence-corrected chi connectivity index (χ3v) is 3.90. The second-order valence-electron chi connectivity index (χ2n) is 5.61. The quantitative estimate of drug-likeness (QED) is 0.902. The molecule has 1 saturated carbocycles. The molecule has 0 spiro atoms. The van der Waals surface area contributed by atoms with Gasteiger partial charge in [0.2, 0.25) is 0 Å². The van der Waals surface area contributed by atoms with Crippen LogP contribution in [-0.4, -0.2) is 17.2 Å². The van der Waals surface area contributed by atoms with E-state index >= 15 is 0 Å². The van der Waals surface area contributed by atoms with Gasteiger partial charge in [-0.25, -0.2) is 4.79 Å². The summed E-state index contributed by atoms with van der Waals surface area (Å²) in [5.41, 5.74) is 0.183. The van der Waals surface area contributed by atoms with Crippen LogP contribution in [0.2, 0.25) is 5.02 Å². The average Bonchev–Trinajstić information content (AvgIpc) is 2.30. The normalized spacial score (nSPS) is 27.0. The lowest BCUT2D eigenvalue weighted by Crippen LogP contribution is -2.28. The van der Waals surface area contributed by atoms with Crippen LogP contribution in [0.5, 0.6) is 5.75 Å². The number of carboxylic acid groups (broad SMARTS) is 1. The Morgan fingerprint density at radius 1 is 1.26 bits per heavy atom. The lowest BCUT2D eigenvalue weighted by molar-refractivity contribution is 0.0696. The number of rotatable bonds is 3. The zero-order chi connectivity index (χ0) is 14.0. The van der Waals surface area contributed by atoms with Crippen LogP contribution < -0.4 is 4.74 Å². The molecule has 4 heteroatoms. The van der Waals surface area contributed by atoms with E-state index in [1.807, 2.05) is 0 Å². The van der Waals surface area contributed by atoms with Crippen LogP contribution in [0.1, 0.15) is 43.5 Å². The van der Waals surface area contributed by atoms with Crippen LogP contribution in [-0.2, 0) is 0 Å². The van der Waals surface area contributed by atoms with Crippen LogP contribution >= 0.6 is 11.6 Å². The van der Waals surface area contributed by atoms with Gasteiger partial charge in [0.05, 0.1) is 16.7 Å². The average molecular weight is 283 g/mol. The van der Waals surface area contributed by atoms with E-state index in [-0.39, 0.29) is 11.7 Å². The molecule has 0 saturated heterocycles. The number of halogens is 1. The number of ether oxygens (including phenoxy) is 1. The number of benzene rings is 1. The first-order valence-electron chi connectivity index (χ1n) is 6.65. The van der Waals surface area contributed by atoms with Crippen LogP contribution in [0.25, 0.3) is 0 Å². The Hall–Kier alpha value is -1.22. The third-order valence-electron chi connectivity index (χ3n) is 3.61. The Bertz CT molecular complexity index is 462. The SMILES string of the molecule is CC1CC(C)CC(Oc2ccc(C(=O)O)cc2Cl)C1. The number of carboxylic acids is 1. The van der Waals surface area contributed by atoms with Crippen molar-refractivity contribution in [2.24, 2.45) is 11.8 Å². The molecule has 0 heterocycles. The maximum absolute atomic E-state index is 10.8. The van der Waals surface area contributed by atoms with E-state index in [0.717, 1.165) is 12.8 Å². The Morgan fingerprint density at radius 3 is 2.42 bits per heavy atom. The molecule has 1 aromatic rings. The molecule has 0 bridgehead atoms. The van der Waals surface area contributed by atoms with Crippen LogP contribution in [0.3, 0.4) is 0 Å². The number of hydrogen-bond donors (Lipinski definition) is 1. The molecule has 2 rings (SSSR count). The summed E-state index contributed by atoms with van der Waals surface area (Å²) in [6.45, 7) is 4.47. The zero-order valence-corrected chi connectivity index (χ0v) is 12.0. The molecule has 104 valence electrons. The Labute approximate surface area is 118 Å². The standard InChI is InChI=1S/C15H19ClO3/c1-9-5-10(2)7-12(6-9)19-14-4-3-11(15(17)18)8-13(14)16/h3-4,8-10,12H,5-7H2,1-2H3,(H,17,18). The Balaban J connectivity index is 2.08. The molecule has 0 amide bonds. The van der Waals surface area contributed by atoms with Crippen LogP contribution in [0.15, 0.2) is 18.2 Å². The van der Waals surface area contributed by atoms with Gasteiger partial charge in [-0.15, -0.1) is 0 Å². The van der Waals surface area contributed by atoms with E-state index < -0.39 is 5.97 Å². The Morgan fingerprint density at radius 2 is 1.89 bits per heavy atom. The fourth-order valence-electron chi connectivity index (χ4n) is 2.88. The smallest absolute Gasteiger partial charge is 0.335 e. The van der Waals surface area contributed by atoms with Gasteiger partial charge in [-0.3, -0.25) is 0 Å². The predicted octanol–water partition coefficient (Wildman–Crippen LogP) is 4.24. The van der Waals surface area contributed by atoms with Crippen molar-refractivity contribution >= 4 is 17.6 Å². The molecule has 1 fully saturated rings. The molecule has 2 unspecified atom stereocenters. The van der Waals surface area contributed by atoms with E-state index in [9.17, 15) is 4.79 Å².